The minimum absolute atomic E-state index is 0.230. The Bertz CT molecular complexity index is 343. The Labute approximate surface area is 86.1 Å². The molecule has 0 aromatic carbocycles. The van der Waals surface area contributed by atoms with E-state index in [-0.39, 0.29) is 11.7 Å². The summed E-state index contributed by atoms with van der Waals surface area (Å²) in [4.78, 5) is 18.7. The van der Waals surface area contributed by atoms with Crippen molar-refractivity contribution in [2.75, 3.05) is 18.6 Å². The van der Waals surface area contributed by atoms with Gasteiger partial charge in [0, 0.05) is 5.56 Å². The number of nitrogens with two attached hydrogens (primary N) is 1. The maximum atomic E-state index is 10.9. The van der Waals surface area contributed by atoms with Crippen LogP contribution in [0.1, 0.15) is 5.56 Å². The summed E-state index contributed by atoms with van der Waals surface area (Å²) in [6.07, 6.45) is 1.38. The highest BCUT2D eigenvalue weighted by molar-refractivity contribution is 7.99. The second kappa shape index (κ2) is 4.80. The van der Waals surface area contributed by atoms with Gasteiger partial charge in [-0.2, -0.15) is 0 Å². The van der Waals surface area contributed by atoms with Gasteiger partial charge < -0.3 is 10.5 Å². The van der Waals surface area contributed by atoms with Crippen molar-refractivity contribution in [3.8, 4) is 0 Å². The molecular formula is C8H11N3O2S. The van der Waals surface area contributed by atoms with Crippen molar-refractivity contribution >= 4 is 23.5 Å². The normalized spacial score (nSPS) is 9.86. The van der Waals surface area contributed by atoms with Gasteiger partial charge in [-0.25, -0.2) is 9.97 Å². The van der Waals surface area contributed by atoms with Crippen LogP contribution in [0, 0.1) is 6.92 Å². The molecule has 0 aliphatic heterocycles. The van der Waals surface area contributed by atoms with Gasteiger partial charge in [0.05, 0.1) is 12.9 Å². The largest absolute Gasteiger partial charge is 0.468 e. The second-order valence-electron chi connectivity index (χ2n) is 2.55. The predicted molar refractivity (Wildman–Crippen MR) is 53.9 cm³/mol. The molecule has 0 radical (unpaired) electrons. The summed E-state index contributed by atoms with van der Waals surface area (Å²) >= 11 is 1.29. The topological polar surface area (TPSA) is 78.1 Å². The molecule has 2 N–H and O–H groups in total. The number of thioether (sulfide) groups is 1. The number of hydrogen-bond acceptors (Lipinski definition) is 6. The number of carbonyl (C=O) groups is 1. The molecule has 0 unspecified atom stereocenters. The van der Waals surface area contributed by atoms with Gasteiger partial charge in [0.1, 0.15) is 17.2 Å². The number of rotatable bonds is 3. The number of carbonyl (C=O) groups excluding carboxylic acids is 1. The molecule has 0 saturated carbocycles. The third-order valence-corrected chi connectivity index (χ3v) is 2.70. The molecule has 14 heavy (non-hydrogen) atoms. The lowest BCUT2D eigenvalue weighted by Gasteiger charge is -2.04. The van der Waals surface area contributed by atoms with Gasteiger partial charge >= 0.3 is 5.97 Å². The van der Waals surface area contributed by atoms with Crippen LogP contribution < -0.4 is 5.73 Å². The monoisotopic (exact) mass is 213 g/mol. The molecule has 1 aromatic heterocycles. The average molecular weight is 213 g/mol. The van der Waals surface area contributed by atoms with E-state index in [1.165, 1.54) is 25.2 Å². The van der Waals surface area contributed by atoms with Crippen molar-refractivity contribution in [2.24, 2.45) is 0 Å². The first-order valence-corrected chi connectivity index (χ1v) is 4.90. The number of methoxy groups -OCH3 is 1. The SMILES string of the molecule is COC(=O)CSc1ncnc(N)c1C. The average Bonchev–Trinajstić information content (AvgIpc) is 2.20. The van der Waals surface area contributed by atoms with E-state index in [0.29, 0.717) is 10.8 Å². The molecule has 0 spiro atoms. The predicted octanol–water partition coefficient (Wildman–Crippen LogP) is 0.632. The molecule has 0 aliphatic rings. The summed E-state index contributed by atoms with van der Waals surface area (Å²) in [6.45, 7) is 1.81. The fraction of sp³-hybridized carbons (Fsp3) is 0.375. The highest BCUT2D eigenvalue weighted by Gasteiger charge is 2.07. The maximum Gasteiger partial charge on any atom is 0.316 e. The van der Waals surface area contributed by atoms with Crippen LogP contribution in [0.3, 0.4) is 0 Å². The molecule has 0 aliphatic carbocycles. The summed E-state index contributed by atoms with van der Waals surface area (Å²) in [7, 11) is 1.35. The van der Waals surface area contributed by atoms with E-state index in [9.17, 15) is 4.79 Å². The van der Waals surface area contributed by atoms with Gasteiger partial charge in [0.25, 0.3) is 0 Å². The second-order valence-corrected chi connectivity index (χ2v) is 3.52. The Morgan fingerprint density at radius 3 is 3.00 bits per heavy atom. The molecule has 1 heterocycles. The molecule has 0 fully saturated rings. The molecule has 0 amide bonds. The third kappa shape index (κ3) is 2.59. The summed E-state index contributed by atoms with van der Waals surface area (Å²) < 4.78 is 4.51. The van der Waals surface area contributed by atoms with Crippen LogP contribution in [0.5, 0.6) is 0 Å². The Morgan fingerprint density at radius 2 is 2.36 bits per heavy atom. The van der Waals surface area contributed by atoms with Gasteiger partial charge in [-0.15, -0.1) is 0 Å². The van der Waals surface area contributed by atoms with Crippen molar-refractivity contribution in [3.05, 3.63) is 11.9 Å². The van der Waals surface area contributed by atoms with Gasteiger partial charge in [-0.3, -0.25) is 4.79 Å². The molecule has 0 saturated heterocycles. The lowest BCUT2D eigenvalue weighted by atomic mass is 10.4. The summed E-state index contributed by atoms with van der Waals surface area (Å²) in [5.41, 5.74) is 6.37. The van der Waals surface area contributed by atoms with E-state index in [0.717, 1.165) is 5.56 Å². The van der Waals surface area contributed by atoms with E-state index >= 15 is 0 Å². The smallest absolute Gasteiger partial charge is 0.316 e. The summed E-state index contributed by atoms with van der Waals surface area (Å²) in [5, 5.41) is 0.711. The zero-order valence-electron chi connectivity index (χ0n) is 7.98. The van der Waals surface area contributed by atoms with E-state index < -0.39 is 0 Å². The quantitative estimate of drug-likeness (QED) is 0.451. The van der Waals surface area contributed by atoms with Crippen LogP contribution in [0.15, 0.2) is 11.4 Å². The molecule has 76 valence electrons. The Balaban J connectivity index is 2.68. The van der Waals surface area contributed by atoms with E-state index in [4.69, 9.17) is 5.73 Å². The number of anilines is 1. The maximum absolute atomic E-state index is 10.9. The van der Waals surface area contributed by atoms with Gasteiger partial charge in [0.15, 0.2) is 0 Å². The van der Waals surface area contributed by atoms with Gasteiger partial charge in [0.2, 0.25) is 0 Å². The molecule has 0 bridgehead atoms. The van der Waals surface area contributed by atoms with Crippen molar-refractivity contribution in [1.82, 2.24) is 9.97 Å². The van der Waals surface area contributed by atoms with Crippen LogP contribution in [0.4, 0.5) is 5.82 Å². The van der Waals surface area contributed by atoms with Crippen LogP contribution in [0.2, 0.25) is 0 Å². The van der Waals surface area contributed by atoms with E-state index in [1.807, 2.05) is 6.92 Å². The number of esters is 1. The molecule has 1 aromatic rings. The molecule has 1 rings (SSSR count). The minimum atomic E-state index is -0.286. The molecule has 0 atom stereocenters. The third-order valence-electron chi connectivity index (χ3n) is 1.63. The first kappa shape index (κ1) is 10.8. The highest BCUT2D eigenvalue weighted by Crippen LogP contribution is 2.21. The number of nitrogens with zero attached hydrogens (tertiary/aromatic N) is 2. The number of nitrogen functional groups attached to an aromatic ring is 1. The van der Waals surface area contributed by atoms with Crippen LogP contribution >= 0.6 is 11.8 Å². The minimum Gasteiger partial charge on any atom is -0.468 e. The molecule has 6 heteroatoms. The number of aromatic nitrogens is 2. The highest BCUT2D eigenvalue weighted by atomic mass is 32.2. The van der Waals surface area contributed by atoms with Crippen LogP contribution in [0.25, 0.3) is 0 Å². The Hall–Kier alpha value is -1.30. The van der Waals surface area contributed by atoms with Gasteiger partial charge in [-0.1, -0.05) is 11.8 Å². The van der Waals surface area contributed by atoms with E-state index in [2.05, 4.69) is 14.7 Å². The summed E-state index contributed by atoms with van der Waals surface area (Å²) in [5.74, 6) is 0.382. The fourth-order valence-corrected chi connectivity index (χ4v) is 1.59. The standard InChI is InChI=1S/C8H11N3O2S/c1-5-7(9)10-4-11-8(5)14-3-6(12)13-2/h4H,3H2,1-2H3,(H2,9,10,11). The zero-order valence-corrected chi connectivity index (χ0v) is 8.80. The van der Waals surface area contributed by atoms with E-state index in [1.54, 1.807) is 0 Å². The lowest BCUT2D eigenvalue weighted by molar-refractivity contribution is -0.137. The van der Waals surface area contributed by atoms with Gasteiger partial charge in [-0.05, 0) is 6.92 Å². The van der Waals surface area contributed by atoms with Crippen molar-refractivity contribution < 1.29 is 9.53 Å². The fourth-order valence-electron chi connectivity index (χ4n) is 0.778. The summed E-state index contributed by atoms with van der Waals surface area (Å²) in [6, 6.07) is 0. The van der Waals surface area contributed by atoms with Crippen molar-refractivity contribution in [2.45, 2.75) is 11.9 Å². The van der Waals surface area contributed by atoms with Crippen LogP contribution in [-0.2, 0) is 9.53 Å². The van der Waals surface area contributed by atoms with Crippen molar-refractivity contribution in [1.29, 1.82) is 0 Å². The Morgan fingerprint density at radius 1 is 1.64 bits per heavy atom. The Kier molecular flexibility index (Phi) is 3.70. The lowest BCUT2D eigenvalue weighted by Crippen LogP contribution is -2.04. The molecule has 5 nitrogen and oxygen atoms in total. The first-order chi connectivity index (χ1) is 6.65. The van der Waals surface area contributed by atoms with Crippen molar-refractivity contribution in [3.63, 3.8) is 0 Å². The molecular weight excluding hydrogens is 202 g/mol. The zero-order chi connectivity index (χ0) is 10.6. The first-order valence-electron chi connectivity index (χ1n) is 3.92. The van der Waals surface area contributed by atoms with Crippen LogP contribution in [-0.4, -0.2) is 28.8 Å². The number of ether oxygens (including phenoxy) is 1. The number of hydrogen-bond donors (Lipinski definition) is 1.